The maximum absolute atomic E-state index is 12.8. The lowest BCUT2D eigenvalue weighted by molar-refractivity contribution is -0.0117. The number of amides is 2. The number of likely N-dealkylation sites (tertiary alicyclic amines) is 1. The molecule has 130 valence electrons. The van der Waals surface area contributed by atoms with Crippen molar-refractivity contribution in [1.82, 2.24) is 14.9 Å². The largest absolute Gasteiger partial charge is 0.323 e. The lowest BCUT2D eigenvalue weighted by atomic mass is 9.72. The SMILES string of the molecule is CC1(C)CN(C(=O)Nc2cc3c(cn2)CCCC3)[C@H]1c1cccnc1. The maximum atomic E-state index is 12.8. The molecule has 2 aliphatic rings. The van der Waals surface area contributed by atoms with E-state index in [1.165, 1.54) is 24.0 Å². The molecule has 25 heavy (non-hydrogen) atoms. The minimum Gasteiger partial charge on any atom is -0.316 e. The average molecular weight is 336 g/mol. The van der Waals surface area contributed by atoms with Gasteiger partial charge in [-0.1, -0.05) is 19.9 Å². The van der Waals surface area contributed by atoms with Gasteiger partial charge in [0.1, 0.15) is 5.82 Å². The van der Waals surface area contributed by atoms with Gasteiger partial charge in [-0.05, 0) is 54.5 Å². The van der Waals surface area contributed by atoms with Crippen LogP contribution in [0.1, 0.15) is 49.4 Å². The fourth-order valence-corrected chi connectivity index (χ4v) is 4.15. The summed E-state index contributed by atoms with van der Waals surface area (Å²) in [7, 11) is 0. The van der Waals surface area contributed by atoms with Crippen molar-refractivity contribution in [3.05, 3.63) is 53.5 Å². The molecule has 1 fully saturated rings. The van der Waals surface area contributed by atoms with E-state index < -0.39 is 0 Å². The first-order chi connectivity index (χ1) is 12.0. The zero-order valence-electron chi connectivity index (χ0n) is 14.8. The fraction of sp³-hybridized carbons (Fsp3) is 0.450. The molecule has 0 aromatic carbocycles. The minimum absolute atomic E-state index is 0.0406. The number of nitrogens with zero attached hydrogens (tertiary/aromatic N) is 3. The van der Waals surface area contributed by atoms with Crippen LogP contribution in [0.2, 0.25) is 0 Å². The summed E-state index contributed by atoms with van der Waals surface area (Å²) >= 11 is 0. The summed E-state index contributed by atoms with van der Waals surface area (Å²) in [6.45, 7) is 5.10. The van der Waals surface area contributed by atoms with E-state index in [4.69, 9.17) is 0 Å². The van der Waals surface area contributed by atoms with Gasteiger partial charge in [-0.25, -0.2) is 9.78 Å². The minimum atomic E-state index is -0.0866. The fourth-order valence-electron chi connectivity index (χ4n) is 4.15. The second kappa shape index (κ2) is 6.14. The maximum Gasteiger partial charge on any atom is 0.323 e. The molecule has 2 aromatic rings. The first kappa shape index (κ1) is 16.1. The van der Waals surface area contributed by atoms with Crippen molar-refractivity contribution in [2.24, 2.45) is 5.41 Å². The van der Waals surface area contributed by atoms with Gasteiger partial charge in [0, 0.05) is 30.6 Å². The molecule has 2 amide bonds. The Balaban J connectivity index is 1.51. The lowest BCUT2D eigenvalue weighted by Crippen LogP contribution is -2.59. The van der Waals surface area contributed by atoms with Crippen molar-refractivity contribution < 1.29 is 4.79 Å². The number of carbonyl (C=O) groups is 1. The molecule has 5 nitrogen and oxygen atoms in total. The molecule has 3 heterocycles. The summed E-state index contributed by atoms with van der Waals surface area (Å²) < 4.78 is 0. The van der Waals surface area contributed by atoms with E-state index in [0.717, 1.165) is 24.9 Å². The van der Waals surface area contributed by atoms with Crippen molar-refractivity contribution in [2.75, 3.05) is 11.9 Å². The zero-order chi connectivity index (χ0) is 17.4. The van der Waals surface area contributed by atoms with E-state index in [-0.39, 0.29) is 17.5 Å². The quantitative estimate of drug-likeness (QED) is 0.903. The second-order valence-corrected chi connectivity index (χ2v) is 7.78. The number of aryl methyl sites for hydroxylation is 2. The summed E-state index contributed by atoms with van der Waals surface area (Å²) in [4.78, 5) is 23.3. The van der Waals surface area contributed by atoms with Crippen LogP contribution < -0.4 is 5.32 Å². The number of nitrogens with one attached hydrogen (secondary N) is 1. The van der Waals surface area contributed by atoms with Crippen molar-refractivity contribution in [2.45, 2.75) is 45.6 Å². The van der Waals surface area contributed by atoms with Gasteiger partial charge in [0.15, 0.2) is 0 Å². The third-order valence-corrected chi connectivity index (χ3v) is 5.35. The molecular formula is C20H24N4O. The highest BCUT2D eigenvalue weighted by Gasteiger charge is 2.49. The monoisotopic (exact) mass is 336 g/mol. The molecule has 1 aliphatic heterocycles. The van der Waals surface area contributed by atoms with Gasteiger partial charge >= 0.3 is 6.03 Å². The summed E-state index contributed by atoms with van der Waals surface area (Å²) in [6.07, 6.45) is 10.2. The molecule has 0 unspecified atom stereocenters. The van der Waals surface area contributed by atoms with Crippen LogP contribution in [-0.4, -0.2) is 27.4 Å². The van der Waals surface area contributed by atoms with Crippen molar-refractivity contribution in [3.63, 3.8) is 0 Å². The highest BCUT2D eigenvalue weighted by molar-refractivity contribution is 5.89. The van der Waals surface area contributed by atoms with Crippen molar-refractivity contribution in [3.8, 4) is 0 Å². The topological polar surface area (TPSA) is 58.1 Å². The molecule has 0 bridgehead atoms. The Hall–Kier alpha value is -2.43. The number of urea groups is 1. The highest BCUT2D eigenvalue weighted by Crippen LogP contribution is 2.48. The number of fused-ring (bicyclic) bond motifs is 1. The molecule has 1 atom stereocenters. The Morgan fingerprint density at radius 2 is 2.04 bits per heavy atom. The average Bonchev–Trinajstić information content (AvgIpc) is 2.60. The van der Waals surface area contributed by atoms with Gasteiger partial charge in [0.25, 0.3) is 0 Å². The highest BCUT2D eigenvalue weighted by atomic mass is 16.2. The number of hydrogen-bond donors (Lipinski definition) is 1. The number of pyridine rings is 2. The number of carbonyl (C=O) groups excluding carboxylic acids is 1. The first-order valence-electron chi connectivity index (χ1n) is 9.00. The molecular weight excluding hydrogens is 312 g/mol. The lowest BCUT2D eigenvalue weighted by Gasteiger charge is -2.54. The summed E-state index contributed by atoms with van der Waals surface area (Å²) in [5, 5.41) is 2.99. The summed E-state index contributed by atoms with van der Waals surface area (Å²) in [5.74, 6) is 0.653. The smallest absolute Gasteiger partial charge is 0.316 e. The Bertz CT molecular complexity index is 788. The second-order valence-electron chi connectivity index (χ2n) is 7.78. The van der Waals surface area contributed by atoms with Crippen molar-refractivity contribution >= 4 is 11.8 Å². The van der Waals surface area contributed by atoms with E-state index in [1.807, 2.05) is 35.5 Å². The molecule has 0 spiro atoms. The van der Waals surface area contributed by atoms with Gasteiger partial charge in [-0.15, -0.1) is 0 Å². The Kier molecular flexibility index (Phi) is 3.94. The van der Waals surface area contributed by atoms with Gasteiger partial charge in [-0.2, -0.15) is 0 Å². The molecule has 4 rings (SSSR count). The molecule has 0 saturated carbocycles. The van der Waals surface area contributed by atoms with Crippen LogP contribution >= 0.6 is 0 Å². The predicted molar refractivity (Wildman–Crippen MR) is 97.4 cm³/mol. The van der Waals surface area contributed by atoms with Crippen LogP contribution in [0, 0.1) is 5.41 Å². The number of rotatable bonds is 2. The molecule has 1 aliphatic carbocycles. The number of anilines is 1. The third-order valence-electron chi connectivity index (χ3n) is 5.35. The van der Waals surface area contributed by atoms with E-state index in [2.05, 4.69) is 29.1 Å². The molecule has 2 aromatic heterocycles. The van der Waals surface area contributed by atoms with Crippen LogP contribution in [0.5, 0.6) is 0 Å². The van der Waals surface area contributed by atoms with Crippen LogP contribution in [0.3, 0.4) is 0 Å². The van der Waals surface area contributed by atoms with Gasteiger partial charge in [0.05, 0.1) is 6.04 Å². The van der Waals surface area contributed by atoms with E-state index in [1.54, 1.807) is 6.20 Å². The summed E-state index contributed by atoms with van der Waals surface area (Å²) in [5.41, 5.74) is 3.77. The van der Waals surface area contributed by atoms with Crippen LogP contribution in [0.4, 0.5) is 10.6 Å². The standard InChI is InChI=1S/C20H24N4O/c1-20(2)13-24(18(20)16-8-5-9-21-11-16)19(25)23-17-10-14-6-3-4-7-15(14)12-22-17/h5,8-12,18H,3-4,6-7,13H2,1-2H3,(H,22,23,25)/t18-/m0/s1. The van der Waals surface area contributed by atoms with E-state index in [9.17, 15) is 4.79 Å². The molecule has 1 N–H and O–H groups in total. The predicted octanol–water partition coefficient (Wildman–Crippen LogP) is 3.97. The molecule has 0 radical (unpaired) electrons. The van der Waals surface area contributed by atoms with Crippen molar-refractivity contribution in [1.29, 1.82) is 0 Å². The molecule has 5 heteroatoms. The van der Waals surface area contributed by atoms with E-state index >= 15 is 0 Å². The van der Waals surface area contributed by atoms with Crippen LogP contribution in [0.15, 0.2) is 36.8 Å². The zero-order valence-corrected chi connectivity index (χ0v) is 14.8. The Morgan fingerprint density at radius 3 is 2.76 bits per heavy atom. The van der Waals surface area contributed by atoms with Gasteiger partial charge < -0.3 is 4.90 Å². The van der Waals surface area contributed by atoms with Gasteiger partial charge in [-0.3, -0.25) is 10.3 Å². The third kappa shape index (κ3) is 2.99. The van der Waals surface area contributed by atoms with E-state index in [0.29, 0.717) is 5.82 Å². The van der Waals surface area contributed by atoms with Crippen LogP contribution in [-0.2, 0) is 12.8 Å². The summed E-state index contributed by atoms with van der Waals surface area (Å²) in [6, 6.07) is 5.95. The Morgan fingerprint density at radius 1 is 1.24 bits per heavy atom. The number of hydrogen-bond acceptors (Lipinski definition) is 3. The van der Waals surface area contributed by atoms with Crippen LogP contribution in [0.25, 0.3) is 0 Å². The molecule has 1 saturated heterocycles. The normalized spacial score (nSPS) is 21.2. The number of aromatic nitrogens is 2. The first-order valence-corrected chi connectivity index (χ1v) is 9.00. The van der Waals surface area contributed by atoms with Gasteiger partial charge in [0.2, 0.25) is 0 Å². The Labute approximate surface area is 148 Å².